The Morgan fingerprint density at radius 1 is 1.07 bits per heavy atom. The number of carbonyl (C=O) groups is 2. The number of aliphatic hydroxyl groups excluding tert-OH is 1. The van der Waals surface area contributed by atoms with Crippen molar-refractivity contribution in [1.82, 2.24) is 19.7 Å². The predicted octanol–water partition coefficient (Wildman–Crippen LogP) is 5.29. The van der Waals surface area contributed by atoms with Crippen LogP contribution in [0.25, 0.3) is 22.5 Å². The third-order valence-corrected chi connectivity index (χ3v) is 6.27. The molecule has 0 aliphatic carbocycles. The van der Waals surface area contributed by atoms with Gasteiger partial charge in [-0.2, -0.15) is 18.3 Å². The highest BCUT2D eigenvalue weighted by Crippen LogP contribution is 2.38. The summed E-state index contributed by atoms with van der Waals surface area (Å²) in [4.78, 5) is 31.6. The van der Waals surface area contributed by atoms with Crippen LogP contribution in [0.15, 0.2) is 66.9 Å². The number of nitrogens with one attached hydrogen (secondary N) is 1. The molecule has 2 amide bonds. The lowest BCUT2D eigenvalue weighted by Crippen LogP contribution is -2.26. The molecule has 2 aromatic heterocycles. The van der Waals surface area contributed by atoms with Gasteiger partial charge in [0, 0.05) is 44.4 Å². The van der Waals surface area contributed by atoms with Gasteiger partial charge in [0.25, 0.3) is 5.91 Å². The Balaban J connectivity index is 1.70. The van der Waals surface area contributed by atoms with Gasteiger partial charge in [0.1, 0.15) is 5.82 Å². The first-order chi connectivity index (χ1) is 19.5. The van der Waals surface area contributed by atoms with Crippen molar-refractivity contribution in [2.24, 2.45) is 7.05 Å². The van der Waals surface area contributed by atoms with Gasteiger partial charge < -0.3 is 15.3 Å². The van der Waals surface area contributed by atoms with Crippen LogP contribution in [0, 0.1) is 5.82 Å². The number of rotatable bonds is 9. The molecule has 214 valence electrons. The molecule has 0 fully saturated rings. The van der Waals surface area contributed by atoms with E-state index < -0.39 is 34.6 Å². The Morgan fingerprint density at radius 3 is 2.44 bits per heavy atom. The van der Waals surface area contributed by atoms with Crippen LogP contribution in [-0.2, 0) is 24.6 Å². The third kappa shape index (κ3) is 6.95. The number of alkyl halides is 3. The second-order valence-electron chi connectivity index (χ2n) is 9.35. The Morgan fingerprint density at radius 2 is 1.80 bits per heavy atom. The second-order valence-corrected chi connectivity index (χ2v) is 9.35. The first kappa shape index (κ1) is 29.4. The standard InChI is InChI=1S/C29H27F4N5O3/c1-37(26(40)9-6-14-39)17-19-10-11-25(27(34-19)18-7-4-3-5-8-18)35-28(41)21-15-20(24-12-13-38(2)36-24)22(16-23(21)30)29(31,32)33/h3-5,7-8,10-13,15-16,39H,6,9,14,17H2,1-2H3,(H,35,41). The lowest BCUT2D eigenvalue weighted by molar-refractivity contribution is -0.137. The van der Waals surface area contributed by atoms with E-state index in [2.05, 4.69) is 15.4 Å². The first-order valence-corrected chi connectivity index (χ1v) is 12.6. The van der Waals surface area contributed by atoms with Crippen LogP contribution in [0.5, 0.6) is 0 Å². The number of carbonyl (C=O) groups excluding carboxylic acids is 2. The van der Waals surface area contributed by atoms with E-state index in [-0.39, 0.29) is 36.9 Å². The molecule has 8 nitrogen and oxygen atoms in total. The normalized spacial score (nSPS) is 11.4. The molecule has 0 aliphatic rings. The number of aryl methyl sites for hydroxylation is 1. The smallest absolute Gasteiger partial charge is 0.396 e. The van der Waals surface area contributed by atoms with Crippen molar-refractivity contribution in [3.63, 3.8) is 0 Å². The summed E-state index contributed by atoms with van der Waals surface area (Å²) in [5.41, 5.74) is -0.726. The van der Waals surface area contributed by atoms with Crippen molar-refractivity contribution in [1.29, 1.82) is 0 Å². The molecule has 41 heavy (non-hydrogen) atoms. The Hall–Kier alpha value is -4.58. The van der Waals surface area contributed by atoms with Gasteiger partial charge in [0.05, 0.1) is 40.4 Å². The zero-order valence-corrected chi connectivity index (χ0v) is 22.2. The zero-order valence-electron chi connectivity index (χ0n) is 22.2. The number of amides is 2. The molecule has 4 rings (SSSR count). The number of nitrogens with zero attached hydrogens (tertiary/aromatic N) is 4. The number of hydrogen-bond acceptors (Lipinski definition) is 5. The van der Waals surface area contributed by atoms with Gasteiger partial charge in [-0.15, -0.1) is 0 Å². The molecule has 0 saturated heterocycles. The van der Waals surface area contributed by atoms with E-state index in [1.165, 1.54) is 35.0 Å². The van der Waals surface area contributed by atoms with Crippen molar-refractivity contribution in [3.05, 3.63) is 89.5 Å². The maximum Gasteiger partial charge on any atom is 0.417 e. The van der Waals surface area contributed by atoms with Gasteiger partial charge in [0.2, 0.25) is 5.91 Å². The van der Waals surface area contributed by atoms with Gasteiger partial charge in [-0.05, 0) is 36.8 Å². The maximum atomic E-state index is 15.0. The van der Waals surface area contributed by atoms with Gasteiger partial charge in [-0.1, -0.05) is 30.3 Å². The molecule has 0 aliphatic heterocycles. The minimum Gasteiger partial charge on any atom is -0.396 e. The number of hydrogen-bond donors (Lipinski definition) is 2. The average molecular weight is 570 g/mol. The highest BCUT2D eigenvalue weighted by molar-refractivity contribution is 6.07. The highest BCUT2D eigenvalue weighted by atomic mass is 19.4. The molecule has 0 unspecified atom stereocenters. The summed E-state index contributed by atoms with van der Waals surface area (Å²) in [7, 11) is 3.13. The minimum atomic E-state index is -4.88. The summed E-state index contributed by atoms with van der Waals surface area (Å²) in [5, 5.41) is 15.6. The molecule has 2 heterocycles. The van der Waals surface area contributed by atoms with E-state index in [0.717, 1.165) is 6.07 Å². The molecule has 0 spiro atoms. The lowest BCUT2D eigenvalue weighted by Gasteiger charge is -2.19. The fourth-order valence-electron chi connectivity index (χ4n) is 4.20. The molecule has 0 bridgehead atoms. The minimum absolute atomic E-state index is 0.0671. The van der Waals surface area contributed by atoms with E-state index in [0.29, 0.717) is 29.4 Å². The first-order valence-electron chi connectivity index (χ1n) is 12.6. The number of halogens is 4. The Kier molecular flexibility index (Phi) is 8.82. The van der Waals surface area contributed by atoms with Gasteiger partial charge in [-0.25, -0.2) is 9.37 Å². The summed E-state index contributed by atoms with van der Waals surface area (Å²) >= 11 is 0. The molecule has 12 heteroatoms. The van der Waals surface area contributed by atoms with Crippen molar-refractivity contribution >= 4 is 17.5 Å². The summed E-state index contributed by atoms with van der Waals surface area (Å²) in [5.74, 6) is -2.50. The second kappa shape index (κ2) is 12.3. The topological polar surface area (TPSA) is 100 Å². The molecule has 0 saturated carbocycles. The molecule has 2 aromatic carbocycles. The van der Waals surface area contributed by atoms with Crippen LogP contribution in [-0.4, -0.2) is 50.2 Å². The number of anilines is 1. The van der Waals surface area contributed by atoms with Gasteiger partial charge in [0.15, 0.2) is 0 Å². The van der Waals surface area contributed by atoms with Crippen LogP contribution in [0.3, 0.4) is 0 Å². The van der Waals surface area contributed by atoms with E-state index in [9.17, 15) is 27.2 Å². The predicted molar refractivity (Wildman–Crippen MR) is 144 cm³/mol. The Labute approximate surface area is 233 Å². The van der Waals surface area contributed by atoms with Crippen molar-refractivity contribution in [3.8, 4) is 22.5 Å². The van der Waals surface area contributed by atoms with Crippen LogP contribution in [0.4, 0.5) is 23.2 Å². The Bertz CT molecular complexity index is 1550. The monoisotopic (exact) mass is 569 g/mol. The lowest BCUT2D eigenvalue weighted by atomic mass is 9.99. The van der Waals surface area contributed by atoms with Crippen molar-refractivity contribution < 1.29 is 32.3 Å². The highest BCUT2D eigenvalue weighted by Gasteiger charge is 2.36. The molecular formula is C29H27F4N5O3. The summed E-state index contributed by atoms with van der Waals surface area (Å²) in [6.07, 6.45) is -2.93. The summed E-state index contributed by atoms with van der Waals surface area (Å²) in [6.45, 7) is 0.0482. The number of aliphatic hydroxyl groups is 1. The van der Waals surface area contributed by atoms with E-state index in [1.54, 1.807) is 43.4 Å². The van der Waals surface area contributed by atoms with Crippen LogP contribution >= 0.6 is 0 Å². The zero-order chi connectivity index (χ0) is 29.7. The van der Waals surface area contributed by atoms with Crippen LogP contribution in [0.1, 0.15) is 34.5 Å². The summed E-state index contributed by atoms with van der Waals surface area (Å²) in [6, 6.07) is 14.4. The van der Waals surface area contributed by atoms with Crippen LogP contribution < -0.4 is 5.32 Å². The number of benzene rings is 2. The van der Waals surface area contributed by atoms with E-state index in [1.807, 2.05) is 0 Å². The fraction of sp³-hybridized carbons (Fsp3) is 0.241. The molecule has 0 radical (unpaired) electrons. The van der Waals surface area contributed by atoms with Gasteiger partial charge in [-0.3, -0.25) is 14.3 Å². The molecule has 0 atom stereocenters. The largest absolute Gasteiger partial charge is 0.417 e. The summed E-state index contributed by atoms with van der Waals surface area (Å²) < 4.78 is 57.5. The molecule has 2 N–H and O–H groups in total. The number of aromatic nitrogens is 3. The molecular weight excluding hydrogens is 542 g/mol. The van der Waals surface area contributed by atoms with Crippen molar-refractivity contribution in [2.75, 3.05) is 19.0 Å². The van der Waals surface area contributed by atoms with E-state index >= 15 is 0 Å². The third-order valence-electron chi connectivity index (χ3n) is 6.27. The van der Waals surface area contributed by atoms with E-state index in [4.69, 9.17) is 5.11 Å². The SMILES string of the molecule is CN(Cc1ccc(NC(=O)c2cc(-c3ccn(C)n3)c(C(F)(F)F)cc2F)c(-c2ccccc2)n1)C(=O)CCCO. The van der Waals surface area contributed by atoms with Crippen LogP contribution in [0.2, 0.25) is 0 Å². The number of pyridine rings is 1. The quantitative estimate of drug-likeness (QED) is 0.267. The van der Waals surface area contributed by atoms with Gasteiger partial charge >= 0.3 is 6.18 Å². The van der Waals surface area contributed by atoms with Crippen molar-refractivity contribution in [2.45, 2.75) is 25.6 Å². The average Bonchev–Trinajstić information content (AvgIpc) is 3.38. The maximum absolute atomic E-state index is 15.0. The fourth-order valence-corrected chi connectivity index (χ4v) is 4.20. The molecule has 4 aromatic rings.